The molecule has 5 rings (SSSR count). The number of hydrogen-bond donors (Lipinski definition) is 2. The summed E-state index contributed by atoms with van der Waals surface area (Å²) in [4.78, 5) is 56.6. The number of carbonyl (C=O) groups excluding carboxylic acids is 4. The molecule has 2 heterocycles. The molecule has 0 saturated carbocycles. The highest BCUT2D eigenvalue weighted by Crippen LogP contribution is 2.49. The van der Waals surface area contributed by atoms with Gasteiger partial charge in [-0.1, -0.05) is 18.2 Å². The highest BCUT2D eigenvalue weighted by atomic mass is 16.5. The maximum atomic E-state index is 14.2. The van der Waals surface area contributed by atoms with E-state index in [-0.39, 0.29) is 25.5 Å². The zero-order valence-electron chi connectivity index (χ0n) is 22.4. The molecule has 0 aliphatic carbocycles. The Morgan fingerprint density at radius 2 is 1.45 bits per heavy atom. The lowest BCUT2D eigenvalue weighted by molar-refractivity contribution is -0.137. The number of fused-ring (bicyclic) bond motifs is 1. The van der Waals surface area contributed by atoms with Crippen molar-refractivity contribution < 1.29 is 28.7 Å². The number of nitrogens with one attached hydrogen (secondary N) is 2. The van der Waals surface area contributed by atoms with Crippen LogP contribution < -0.4 is 10.2 Å². The van der Waals surface area contributed by atoms with Gasteiger partial charge in [0.2, 0.25) is 5.91 Å². The zero-order chi connectivity index (χ0) is 28.4. The molecule has 3 aromatic carbocycles. The van der Waals surface area contributed by atoms with E-state index in [1.54, 1.807) is 62.4 Å². The van der Waals surface area contributed by atoms with Gasteiger partial charge in [-0.2, -0.15) is 0 Å². The Morgan fingerprint density at radius 1 is 0.875 bits per heavy atom. The Balaban J connectivity index is 1.57. The first-order valence-corrected chi connectivity index (χ1v) is 13.1. The molecule has 2 amide bonds. The second-order valence-electron chi connectivity index (χ2n) is 9.46. The van der Waals surface area contributed by atoms with Crippen molar-refractivity contribution in [1.82, 2.24) is 4.98 Å². The summed E-state index contributed by atoms with van der Waals surface area (Å²) in [6, 6.07) is 20.5. The number of anilines is 2. The van der Waals surface area contributed by atoms with E-state index in [2.05, 4.69) is 10.3 Å². The molecule has 9 nitrogen and oxygen atoms in total. The molecule has 9 heteroatoms. The minimum absolute atomic E-state index is 0.0535. The monoisotopic (exact) mass is 539 g/mol. The van der Waals surface area contributed by atoms with Crippen molar-refractivity contribution in [2.75, 3.05) is 23.4 Å². The fourth-order valence-electron chi connectivity index (χ4n) is 5.27. The molecule has 0 spiro atoms. The van der Waals surface area contributed by atoms with E-state index < -0.39 is 23.4 Å². The number of hydrogen-bond acceptors (Lipinski definition) is 6. The second-order valence-corrected chi connectivity index (χ2v) is 9.46. The minimum Gasteiger partial charge on any atom is -0.462 e. The molecule has 4 aromatic rings. The fourth-order valence-corrected chi connectivity index (χ4v) is 5.27. The number of H-pyrrole nitrogens is 1. The van der Waals surface area contributed by atoms with Crippen LogP contribution in [0.5, 0.6) is 0 Å². The minimum atomic E-state index is -1.37. The summed E-state index contributed by atoms with van der Waals surface area (Å²) in [5, 5.41) is 3.78. The summed E-state index contributed by atoms with van der Waals surface area (Å²) in [5.74, 6) is -1.56. The maximum Gasteiger partial charge on any atom is 0.338 e. The molecule has 1 unspecified atom stereocenters. The lowest BCUT2D eigenvalue weighted by Crippen LogP contribution is -2.67. The molecule has 0 radical (unpaired) electrons. The first kappa shape index (κ1) is 26.7. The summed E-state index contributed by atoms with van der Waals surface area (Å²) in [7, 11) is 0. The van der Waals surface area contributed by atoms with Gasteiger partial charge in [-0.25, -0.2) is 9.59 Å². The van der Waals surface area contributed by atoms with Gasteiger partial charge >= 0.3 is 11.9 Å². The Labute approximate surface area is 231 Å². The fraction of sp³-hybridized carbons (Fsp3) is 0.226. The third-order valence-corrected chi connectivity index (χ3v) is 7.01. The summed E-state index contributed by atoms with van der Waals surface area (Å²) in [5.41, 5.74) is 2.58. The lowest BCUT2D eigenvalue weighted by atomic mass is 9.74. The van der Waals surface area contributed by atoms with Gasteiger partial charge in [0.25, 0.3) is 5.91 Å². The average Bonchev–Trinajstić information content (AvgIpc) is 3.28. The van der Waals surface area contributed by atoms with E-state index in [0.717, 1.165) is 16.6 Å². The van der Waals surface area contributed by atoms with Gasteiger partial charge in [0, 0.05) is 33.5 Å². The summed E-state index contributed by atoms with van der Waals surface area (Å²) in [6.07, 6.45) is -0.0535. The van der Waals surface area contributed by atoms with Crippen molar-refractivity contribution in [3.05, 3.63) is 95.2 Å². The molecule has 2 N–H and O–H groups in total. The summed E-state index contributed by atoms with van der Waals surface area (Å²) in [6.45, 7) is 5.84. The third-order valence-electron chi connectivity index (χ3n) is 7.01. The van der Waals surface area contributed by atoms with Gasteiger partial charge in [-0.3, -0.25) is 14.5 Å². The average molecular weight is 540 g/mol. The van der Waals surface area contributed by atoms with Crippen molar-refractivity contribution in [2.24, 2.45) is 0 Å². The van der Waals surface area contributed by atoms with E-state index in [4.69, 9.17) is 9.47 Å². The number of amides is 2. The van der Waals surface area contributed by atoms with Crippen molar-refractivity contribution in [1.29, 1.82) is 0 Å². The third kappa shape index (κ3) is 4.49. The molecular formula is C31H29N3O6. The zero-order valence-corrected chi connectivity index (χ0v) is 22.4. The van der Waals surface area contributed by atoms with Crippen LogP contribution in [-0.2, 0) is 24.6 Å². The highest BCUT2D eigenvalue weighted by Gasteiger charge is 2.60. The number of para-hydroxylation sites is 1. The molecule has 1 aliphatic heterocycles. The van der Waals surface area contributed by atoms with Crippen LogP contribution in [0.2, 0.25) is 0 Å². The summed E-state index contributed by atoms with van der Waals surface area (Å²) >= 11 is 0. The van der Waals surface area contributed by atoms with Crippen LogP contribution >= 0.6 is 0 Å². The number of esters is 2. The van der Waals surface area contributed by atoms with E-state index in [1.165, 1.54) is 4.90 Å². The van der Waals surface area contributed by atoms with E-state index in [0.29, 0.717) is 28.1 Å². The number of β-lactam (4-membered cyclic amide) rings is 1. The number of nitrogens with zero attached hydrogens (tertiary/aromatic N) is 1. The molecule has 1 aromatic heterocycles. The number of rotatable bonds is 8. The molecule has 1 fully saturated rings. The van der Waals surface area contributed by atoms with E-state index in [1.807, 2.05) is 31.2 Å². The molecule has 40 heavy (non-hydrogen) atoms. The Hall–Kier alpha value is -4.92. The normalized spacial score (nSPS) is 16.4. The number of aromatic nitrogens is 1. The van der Waals surface area contributed by atoms with E-state index in [9.17, 15) is 19.2 Å². The van der Waals surface area contributed by atoms with Crippen LogP contribution in [0.15, 0.2) is 72.8 Å². The lowest BCUT2D eigenvalue weighted by Gasteiger charge is -2.50. The SMILES string of the molecule is CCOC(=O)c1ccc(NC(=O)C2(c3c(C)[nH]c4ccccc34)CC(=O)N2c2ccc(C(=O)OCC)cc2)cc1. The Kier molecular flexibility index (Phi) is 7.13. The molecule has 1 saturated heterocycles. The number of carbonyl (C=O) groups is 4. The van der Waals surface area contributed by atoms with Gasteiger partial charge < -0.3 is 19.8 Å². The van der Waals surface area contributed by atoms with Gasteiger partial charge in [0.05, 0.1) is 30.8 Å². The quantitative estimate of drug-likeness (QED) is 0.238. The van der Waals surface area contributed by atoms with Crippen LogP contribution in [0, 0.1) is 6.92 Å². The molecular weight excluding hydrogens is 510 g/mol. The number of aryl methyl sites for hydroxylation is 1. The highest BCUT2D eigenvalue weighted by molar-refractivity contribution is 6.19. The maximum absolute atomic E-state index is 14.2. The van der Waals surface area contributed by atoms with Gasteiger partial charge in [0.15, 0.2) is 5.54 Å². The standard InChI is InChI=1S/C31H29N3O6/c1-4-39-28(36)20-10-14-22(15-11-20)33-30(38)31(27-19(3)32-25-9-7-6-8-24(25)27)18-26(35)34(31)23-16-12-21(13-17-23)29(37)40-5-2/h6-17,32H,4-5,18H2,1-3H3,(H,33,38). The van der Waals surface area contributed by atoms with Crippen molar-refractivity contribution in [3.8, 4) is 0 Å². The van der Waals surface area contributed by atoms with Crippen LogP contribution in [0.1, 0.15) is 52.2 Å². The van der Waals surface area contributed by atoms with Crippen LogP contribution in [0.4, 0.5) is 11.4 Å². The number of ether oxygens (including phenoxy) is 2. The molecule has 0 bridgehead atoms. The largest absolute Gasteiger partial charge is 0.462 e. The van der Waals surface area contributed by atoms with Gasteiger partial charge in [0.1, 0.15) is 0 Å². The number of benzene rings is 3. The van der Waals surface area contributed by atoms with E-state index >= 15 is 0 Å². The van der Waals surface area contributed by atoms with Crippen LogP contribution in [0.25, 0.3) is 10.9 Å². The first-order valence-electron chi connectivity index (χ1n) is 13.1. The predicted molar refractivity (Wildman–Crippen MR) is 150 cm³/mol. The van der Waals surface area contributed by atoms with Crippen LogP contribution in [-0.4, -0.2) is 42.0 Å². The van der Waals surface area contributed by atoms with Crippen LogP contribution in [0.3, 0.4) is 0 Å². The van der Waals surface area contributed by atoms with Crippen molar-refractivity contribution in [3.63, 3.8) is 0 Å². The number of aromatic amines is 1. The molecule has 1 atom stereocenters. The van der Waals surface area contributed by atoms with Gasteiger partial charge in [-0.05, 0) is 75.4 Å². The molecule has 1 aliphatic rings. The van der Waals surface area contributed by atoms with Crippen molar-refractivity contribution >= 4 is 46.0 Å². The Morgan fingerprint density at radius 3 is 2.02 bits per heavy atom. The first-order chi connectivity index (χ1) is 19.3. The topological polar surface area (TPSA) is 118 Å². The molecule has 204 valence electrons. The van der Waals surface area contributed by atoms with Crippen molar-refractivity contribution in [2.45, 2.75) is 32.7 Å². The smallest absolute Gasteiger partial charge is 0.338 e. The summed E-state index contributed by atoms with van der Waals surface area (Å²) < 4.78 is 10.1. The van der Waals surface area contributed by atoms with Gasteiger partial charge in [-0.15, -0.1) is 0 Å². The predicted octanol–water partition coefficient (Wildman–Crippen LogP) is 5.10. The second kappa shape index (κ2) is 10.7. The Bertz CT molecular complexity index is 1610.